The largest absolute Gasteiger partial charge is 0.311 e. The van der Waals surface area contributed by atoms with E-state index in [0.717, 1.165) is 32.5 Å². The fourth-order valence-electron chi connectivity index (χ4n) is 3.76. The molecule has 1 saturated heterocycles. The van der Waals surface area contributed by atoms with Crippen molar-refractivity contribution in [1.82, 2.24) is 10.2 Å². The number of nitrogens with one attached hydrogen (secondary N) is 1. The first-order chi connectivity index (χ1) is 9.51. The Hall–Kier alpha value is -0.130. The Bertz CT molecular complexity index is 402. The molecule has 0 aromatic carbocycles. The Kier molecular flexibility index (Phi) is 5.49. The van der Waals surface area contributed by atoms with Gasteiger partial charge in [-0.2, -0.15) is 0 Å². The number of nitrogens with zero attached hydrogens (tertiary/aromatic N) is 1. The SMILES string of the molecule is CCCS(=O)(=O)CCN1CC(CC)NCC12CCCC2. The molecule has 1 aliphatic heterocycles. The van der Waals surface area contributed by atoms with E-state index in [2.05, 4.69) is 17.1 Å². The molecule has 0 radical (unpaired) electrons. The van der Waals surface area contributed by atoms with Crippen LogP contribution in [0.25, 0.3) is 0 Å². The molecule has 1 atom stereocenters. The predicted molar refractivity (Wildman–Crippen MR) is 83.8 cm³/mol. The number of rotatable bonds is 6. The molecule has 20 heavy (non-hydrogen) atoms. The summed E-state index contributed by atoms with van der Waals surface area (Å²) >= 11 is 0. The molecule has 1 heterocycles. The monoisotopic (exact) mass is 302 g/mol. The van der Waals surface area contributed by atoms with Gasteiger partial charge in [-0.3, -0.25) is 4.90 Å². The molecular weight excluding hydrogens is 272 g/mol. The van der Waals surface area contributed by atoms with E-state index in [9.17, 15) is 8.42 Å². The summed E-state index contributed by atoms with van der Waals surface area (Å²) in [6, 6.07) is 0.523. The lowest BCUT2D eigenvalue weighted by Crippen LogP contribution is -2.64. The lowest BCUT2D eigenvalue weighted by Gasteiger charge is -2.48. The van der Waals surface area contributed by atoms with E-state index < -0.39 is 9.84 Å². The first-order valence-corrected chi connectivity index (χ1v) is 10.0. The summed E-state index contributed by atoms with van der Waals surface area (Å²) in [6.45, 7) is 6.92. The molecule has 1 saturated carbocycles. The summed E-state index contributed by atoms with van der Waals surface area (Å²) in [4.78, 5) is 2.50. The summed E-state index contributed by atoms with van der Waals surface area (Å²) in [6.07, 6.45) is 6.88. The molecule has 4 nitrogen and oxygen atoms in total. The van der Waals surface area contributed by atoms with Crippen LogP contribution in [0.1, 0.15) is 52.4 Å². The van der Waals surface area contributed by atoms with Crippen molar-refractivity contribution in [3.8, 4) is 0 Å². The molecule has 5 heteroatoms. The van der Waals surface area contributed by atoms with Crippen molar-refractivity contribution in [3.63, 3.8) is 0 Å². The number of hydrogen-bond acceptors (Lipinski definition) is 4. The molecule has 2 rings (SSSR count). The van der Waals surface area contributed by atoms with Gasteiger partial charge >= 0.3 is 0 Å². The number of hydrogen-bond donors (Lipinski definition) is 1. The van der Waals surface area contributed by atoms with Crippen LogP contribution in [0.4, 0.5) is 0 Å². The lowest BCUT2D eigenvalue weighted by molar-refractivity contribution is 0.0480. The lowest BCUT2D eigenvalue weighted by atomic mass is 9.90. The topological polar surface area (TPSA) is 49.4 Å². The third-order valence-corrected chi connectivity index (χ3v) is 6.88. The average molecular weight is 302 g/mol. The maximum absolute atomic E-state index is 12.0. The van der Waals surface area contributed by atoms with Gasteiger partial charge in [0.1, 0.15) is 0 Å². The third-order valence-electron chi connectivity index (χ3n) is 5.05. The van der Waals surface area contributed by atoms with Crippen LogP contribution in [0.15, 0.2) is 0 Å². The Balaban J connectivity index is 2.00. The quantitative estimate of drug-likeness (QED) is 0.813. The van der Waals surface area contributed by atoms with E-state index >= 15 is 0 Å². The zero-order valence-electron chi connectivity index (χ0n) is 13.0. The van der Waals surface area contributed by atoms with E-state index in [4.69, 9.17) is 0 Å². The van der Waals surface area contributed by atoms with E-state index in [0.29, 0.717) is 17.5 Å². The maximum atomic E-state index is 12.0. The minimum atomic E-state index is -2.86. The summed E-state index contributed by atoms with van der Waals surface area (Å²) in [5.74, 6) is 0.669. The second kappa shape index (κ2) is 6.75. The summed E-state index contributed by atoms with van der Waals surface area (Å²) < 4.78 is 24.0. The van der Waals surface area contributed by atoms with Crippen LogP contribution in [-0.2, 0) is 9.84 Å². The minimum absolute atomic E-state index is 0.243. The van der Waals surface area contributed by atoms with Gasteiger partial charge in [0.05, 0.1) is 5.75 Å². The van der Waals surface area contributed by atoms with Crippen LogP contribution in [0.3, 0.4) is 0 Å². The van der Waals surface area contributed by atoms with Gasteiger partial charge in [0.25, 0.3) is 0 Å². The van der Waals surface area contributed by atoms with Crippen molar-refractivity contribution in [2.75, 3.05) is 31.1 Å². The first-order valence-electron chi connectivity index (χ1n) is 8.20. The summed E-state index contributed by atoms with van der Waals surface area (Å²) in [5.41, 5.74) is 0.243. The molecule has 2 aliphatic rings. The van der Waals surface area contributed by atoms with Crippen LogP contribution in [0.2, 0.25) is 0 Å². The normalized spacial score (nSPS) is 27.2. The van der Waals surface area contributed by atoms with Crippen LogP contribution < -0.4 is 5.32 Å². The smallest absolute Gasteiger partial charge is 0.151 e. The molecule has 0 amide bonds. The fraction of sp³-hybridized carbons (Fsp3) is 1.00. The first kappa shape index (κ1) is 16.2. The van der Waals surface area contributed by atoms with Gasteiger partial charge in [0.15, 0.2) is 9.84 Å². The highest BCUT2D eigenvalue weighted by molar-refractivity contribution is 7.91. The number of piperazine rings is 1. The van der Waals surface area contributed by atoms with E-state index in [1.165, 1.54) is 25.7 Å². The highest BCUT2D eigenvalue weighted by atomic mass is 32.2. The van der Waals surface area contributed by atoms with Crippen molar-refractivity contribution < 1.29 is 8.42 Å². The molecule has 1 spiro atoms. The highest BCUT2D eigenvalue weighted by Crippen LogP contribution is 2.37. The average Bonchev–Trinajstić information content (AvgIpc) is 2.87. The fourth-order valence-corrected chi connectivity index (χ4v) is 5.09. The van der Waals surface area contributed by atoms with Gasteiger partial charge in [-0.05, 0) is 25.7 Å². The van der Waals surface area contributed by atoms with Gasteiger partial charge in [0, 0.05) is 37.0 Å². The highest BCUT2D eigenvalue weighted by Gasteiger charge is 2.43. The van der Waals surface area contributed by atoms with Crippen molar-refractivity contribution in [2.24, 2.45) is 0 Å². The van der Waals surface area contributed by atoms with Crippen LogP contribution in [0.5, 0.6) is 0 Å². The predicted octanol–water partition coefficient (Wildman–Crippen LogP) is 1.81. The van der Waals surface area contributed by atoms with Crippen molar-refractivity contribution in [2.45, 2.75) is 64.0 Å². The Morgan fingerprint density at radius 2 is 1.90 bits per heavy atom. The molecule has 1 aliphatic carbocycles. The zero-order valence-corrected chi connectivity index (χ0v) is 13.8. The number of sulfone groups is 1. The van der Waals surface area contributed by atoms with Gasteiger partial charge in [0.2, 0.25) is 0 Å². The molecule has 0 aromatic heterocycles. The van der Waals surface area contributed by atoms with Crippen molar-refractivity contribution >= 4 is 9.84 Å². The van der Waals surface area contributed by atoms with Gasteiger partial charge < -0.3 is 5.32 Å². The minimum Gasteiger partial charge on any atom is -0.311 e. The molecule has 118 valence electrons. The summed E-state index contributed by atoms with van der Waals surface area (Å²) in [7, 11) is -2.86. The van der Waals surface area contributed by atoms with Crippen LogP contribution in [-0.4, -0.2) is 56.0 Å². The molecular formula is C15H30N2O2S. The van der Waals surface area contributed by atoms with Gasteiger partial charge in [-0.15, -0.1) is 0 Å². The molecule has 0 bridgehead atoms. The van der Waals surface area contributed by atoms with Crippen LogP contribution in [0, 0.1) is 0 Å². The third kappa shape index (κ3) is 3.74. The second-order valence-corrected chi connectivity index (χ2v) is 8.82. The Labute approximate surface area is 124 Å². The van der Waals surface area contributed by atoms with E-state index in [1.807, 2.05) is 6.92 Å². The Morgan fingerprint density at radius 3 is 2.50 bits per heavy atom. The summed E-state index contributed by atoms with van der Waals surface area (Å²) in [5, 5.41) is 3.66. The van der Waals surface area contributed by atoms with Crippen LogP contribution >= 0.6 is 0 Å². The van der Waals surface area contributed by atoms with E-state index in [1.54, 1.807) is 0 Å². The molecule has 1 unspecified atom stereocenters. The van der Waals surface area contributed by atoms with Crippen molar-refractivity contribution in [3.05, 3.63) is 0 Å². The van der Waals surface area contributed by atoms with Crippen molar-refractivity contribution in [1.29, 1.82) is 0 Å². The van der Waals surface area contributed by atoms with Gasteiger partial charge in [-0.25, -0.2) is 8.42 Å². The van der Waals surface area contributed by atoms with Gasteiger partial charge in [-0.1, -0.05) is 26.7 Å². The second-order valence-electron chi connectivity index (χ2n) is 6.52. The standard InChI is InChI=1S/C15H30N2O2S/c1-3-10-20(18,19)11-9-17-12-14(4-2)16-13-15(17)7-5-6-8-15/h14,16H,3-13H2,1-2H3. The van der Waals surface area contributed by atoms with E-state index in [-0.39, 0.29) is 5.54 Å². The molecule has 0 aromatic rings. The molecule has 1 N–H and O–H groups in total. The maximum Gasteiger partial charge on any atom is 0.151 e. The zero-order chi connectivity index (χ0) is 14.6. The molecule has 2 fully saturated rings. The Morgan fingerprint density at radius 1 is 1.20 bits per heavy atom.